The Balaban J connectivity index is 1.71. The molecular weight excluding hydrogens is 248 g/mol. The fraction of sp³-hybridized carbons (Fsp3) is 0.588. The Hall–Kier alpha value is -1.19. The van der Waals surface area contributed by atoms with Crippen molar-refractivity contribution in [1.29, 1.82) is 0 Å². The van der Waals surface area contributed by atoms with E-state index in [4.69, 9.17) is 0 Å². The molecule has 2 N–H and O–H groups in total. The molecule has 1 aliphatic carbocycles. The minimum Gasteiger partial charge on any atom is -0.392 e. The van der Waals surface area contributed by atoms with Crippen LogP contribution in [0.25, 0.3) is 6.08 Å². The zero-order valence-corrected chi connectivity index (χ0v) is 12.3. The average molecular weight is 274 g/mol. The first-order chi connectivity index (χ1) is 9.75. The number of hydrogen-bond donors (Lipinski definition) is 2. The van der Waals surface area contributed by atoms with Crippen molar-refractivity contribution in [3.8, 4) is 0 Å². The van der Waals surface area contributed by atoms with Crippen LogP contribution >= 0.6 is 0 Å². The van der Waals surface area contributed by atoms with Gasteiger partial charge in [-0.15, -0.1) is 0 Å². The number of hydrogen-bond acceptors (Lipinski definition) is 3. The fourth-order valence-electron chi connectivity index (χ4n) is 2.79. The molecule has 1 saturated carbocycles. The molecule has 1 heterocycles. The van der Waals surface area contributed by atoms with Gasteiger partial charge in [-0.25, -0.2) is 0 Å². The molecular formula is C17H26N2O. The van der Waals surface area contributed by atoms with Gasteiger partial charge in [0.1, 0.15) is 0 Å². The van der Waals surface area contributed by atoms with E-state index in [2.05, 4.69) is 29.4 Å². The molecule has 0 saturated heterocycles. The second-order valence-corrected chi connectivity index (χ2v) is 5.80. The molecule has 3 heteroatoms. The van der Waals surface area contributed by atoms with Crippen molar-refractivity contribution < 1.29 is 5.11 Å². The van der Waals surface area contributed by atoms with Crippen LogP contribution in [0.4, 0.5) is 0 Å². The van der Waals surface area contributed by atoms with E-state index in [1.807, 2.05) is 12.1 Å². The predicted molar refractivity (Wildman–Crippen MR) is 83.3 cm³/mol. The molecule has 1 fully saturated rings. The Morgan fingerprint density at radius 1 is 1.30 bits per heavy atom. The van der Waals surface area contributed by atoms with Crippen molar-refractivity contribution in [3.63, 3.8) is 0 Å². The topological polar surface area (TPSA) is 45.2 Å². The first-order valence-corrected chi connectivity index (χ1v) is 7.75. The fourth-order valence-corrected chi connectivity index (χ4v) is 2.79. The first-order valence-electron chi connectivity index (χ1n) is 7.75. The van der Waals surface area contributed by atoms with Crippen molar-refractivity contribution in [2.45, 2.75) is 51.2 Å². The maximum atomic E-state index is 10.2. The van der Waals surface area contributed by atoms with Crippen LogP contribution in [0.15, 0.2) is 30.6 Å². The van der Waals surface area contributed by atoms with Crippen LogP contribution in [0, 0.1) is 5.92 Å². The van der Waals surface area contributed by atoms with Gasteiger partial charge in [0, 0.05) is 25.0 Å². The van der Waals surface area contributed by atoms with Crippen LogP contribution in [0.2, 0.25) is 0 Å². The molecule has 110 valence electrons. The van der Waals surface area contributed by atoms with Crippen LogP contribution in [0.3, 0.4) is 0 Å². The number of pyridine rings is 1. The van der Waals surface area contributed by atoms with E-state index in [9.17, 15) is 5.11 Å². The van der Waals surface area contributed by atoms with Gasteiger partial charge < -0.3 is 10.4 Å². The van der Waals surface area contributed by atoms with E-state index in [1.165, 1.54) is 32.1 Å². The molecule has 0 aliphatic heterocycles. The van der Waals surface area contributed by atoms with Crippen molar-refractivity contribution in [3.05, 3.63) is 36.2 Å². The molecule has 2 rings (SSSR count). The molecule has 0 radical (unpaired) electrons. The summed E-state index contributed by atoms with van der Waals surface area (Å²) in [5, 5.41) is 13.6. The summed E-state index contributed by atoms with van der Waals surface area (Å²) in [4.78, 5) is 4.00. The lowest BCUT2D eigenvalue weighted by atomic mass is 9.85. The van der Waals surface area contributed by atoms with Crippen LogP contribution in [-0.2, 0) is 0 Å². The minimum absolute atomic E-state index is 0.202. The molecule has 1 aromatic rings. The smallest absolute Gasteiger partial charge is 0.0692 e. The second kappa shape index (κ2) is 8.18. The lowest BCUT2D eigenvalue weighted by molar-refractivity contribution is 0.0831. The van der Waals surface area contributed by atoms with Crippen molar-refractivity contribution in [1.82, 2.24) is 10.3 Å². The molecule has 0 bridgehead atoms. The quantitative estimate of drug-likeness (QED) is 0.838. The molecule has 0 amide bonds. The monoisotopic (exact) mass is 274 g/mol. The summed E-state index contributed by atoms with van der Waals surface area (Å²) >= 11 is 0. The Kier molecular flexibility index (Phi) is 6.22. The maximum absolute atomic E-state index is 10.2. The summed E-state index contributed by atoms with van der Waals surface area (Å²) in [5.74, 6) is 0.493. The summed E-state index contributed by atoms with van der Waals surface area (Å²) in [5.41, 5.74) is 1.15. The van der Waals surface area contributed by atoms with Gasteiger partial charge in [0.05, 0.1) is 6.10 Å². The summed E-state index contributed by atoms with van der Waals surface area (Å²) in [6.07, 6.45) is 13.9. The molecule has 2 unspecified atom stereocenters. The first kappa shape index (κ1) is 15.2. The van der Waals surface area contributed by atoms with E-state index in [1.54, 1.807) is 12.4 Å². The summed E-state index contributed by atoms with van der Waals surface area (Å²) in [7, 11) is 0. The number of rotatable bonds is 6. The third-order valence-electron chi connectivity index (χ3n) is 4.13. The third-order valence-corrected chi connectivity index (χ3v) is 4.13. The van der Waals surface area contributed by atoms with Gasteiger partial charge in [0.15, 0.2) is 0 Å². The standard InChI is InChI=1S/C17H26N2O/c1-14(7-8-15-9-11-18-12-10-15)19-13-17(20)16-5-3-2-4-6-16/h7-12,14,16-17,19-20H,2-6,13H2,1H3/b8-7+. The second-order valence-electron chi connectivity index (χ2n) is 5.80. The highest BCUT2D eigenvalue weighted by Gasteiger charge is 2.21. The number of nitrogens with zero attached hydrogens (tertiary/aromatic N) is 1. The van der Waals surface area contributed by atoms with Gasteiger partial charge in [-0.2, -0.15) is 0 Å². The molecule has 1 aliphatic rings. The van der Waals surface area contributed by atoms with E-state index >= 15 is 0 Å². The van der Waals surface area contributed by atoms with Crippen LogP contribution in [-0.4, -0.2) is 28.8 Å². The predicted octanol–water partition coefficient (Wildman–Crippen LogP) is 3.01. The Labute approximate surface area is 122 Å². The highest BCUT2D eigenvalue weighted by atomic mass is 16.3. The van der Waals surface area contributed by atoms with Gasteiger partial charge in [-0.1, -0.05) is 31.4 Å². The van der Waals surface area contributed by atoms with E-state index < -0.39 is 0 Å². The van der Waals surface area contributed by atoms with Crippen molar-refractivity contribution in [2.75, 3.05) is 6.54 Å². The average Bonchev–Trinajstić information content (AvgIpc) is 2.52. The van der Waals surface area contributed by atoms with Crippen molar-refractivity contribution >= 4 is 6.08 Å². The van der Waals surface area contributed by atoms with Crippen molar-refractivity contribution in [2.24, 2.45) is 5.92 Å². The number of aliphatic hydroxyl groups excluding tert-OH is 1. The molecule has 20 heavy (non-hydrogen) atoms. The largest absolute Gasteiger partial charge is 0.392 e. The summed E-state index contributed by atoms with van der Waals surface area (Å²) in [6.45, 7) is 2.80. The van der Waals surface area contributed by atoms with E-state index in [0.29, 0.717) is 12.5 Å². The molecule has 0 spiro atoms. The number of nitrogens with one attached hydrogen (secondary N) is 1. The lowest BCUT2D eigenvalue weighted by Crippen LogP contribution is -2.37. The van der Waals surface area contributed by atoms with E-state index in [-0.39, 0.29) is 12.1 Å². The molecule has 3 nitrogen and oxygen atoms in total. The summed E-state index contributed by atoms with van der Waals surface area (Å²) in [6, 6.07) is 4.24. The van der Waals surface area contributed by atoms with Gasteiger partial charge in [-0.05, 0) is 43.4 Å². The highest BCUT2D eigenvalue weighted by molar-refractivity contribution is 5.48. The Morgan fingerprint density at radius 2 is 2.00 bits per heavy atom. The number of aromatic nitrogens is 1. The van der Waals surface area contributed by atoms with Crippen LogP contribution < -0.4 is 5.32 Å². The third kappa shape index (κ3) is 5.06. The van der Waals surface area contributed by atoms with Gasteiger partial charge in [0.2, 0.25) is 0 Å². The Bertz CT molecular complexity index is 399. The Morgan fingerprint density at radius 3 is 2.70 bits per heavy atom. The zero-order valence-electron chi connectivity index (χ0n) is 12.3. The van der Waals surface area contributed by atoms with Gasteiger partial charge in [-0.3, -0.25) is 4.98 Å². The molecule has 0 aromatic carbocycles. The normalized spacial score (nSPS) is 20.1. The molecule has 2 atom stereocenters. The van der Waals surface area contributed by atoms with Crippen LogP contribution in [0.1, 0.15) is 44.6 Å². The maximum Gasteiger partial charge on any atom is 0.0692 e. The highest BCUT2D eigenvalue weighted by Crippen LogP contribution is 2.26. The zero-order chi connectivity index (χ0) is 14.2. The summed E-state index contributed by atoms with van der Waals surface area (Å²) < 4.78 is 0. The number of aliphatic hydroxyl groups is 1. The minimum atomic E-state index is -0.202. The SMILES string of the molecule is CC(/C=C/c1ccncc1)NCC(O)C1CCCCC1. The van der Waals surface area contributed by atoms with Gasteiger partial charge >= 0.3 is 0 Å². The van der Waals surface area contributed by atoms with Crippen LogP contribution in [0.5, 0.6) is 0 Å². The molecule has 1 aromatic heterocycles. The van der Waals surface area contributed by atoms with E-state index in [0.717, 1.165) is 5.56 Å². The van der Waals surface area contributed by atoms with Gasteiger partial charge in [0.25, 0.3) is 0 Å². The lowest BCUT2D eigenvalue weighted by Gasteiger charge is -2.27.